The minimum atomic E-state index is -0.472. The van der Waals surface area contributed by atoms with Crippen LogP contribution in [0.25, 0.3) is 0 Å². The molecule has 0 radical (unpaired) electrons. The third-order valence-corrected chi connectivity index (χ3v) is 3.78. The highest BCUT2D eigenvalue weighted by atomic mass is 32.1. The number of rotatable bonds is 3. The quantitative estimate of drug-likeness (QED) is 0.883. The average molecular weight is 290 g/mol. The number of thiazole rings is 1. The molecule has 0 unspecified atom stereocenters. The van der Waals surface area contributed by atoms with Crippen molar-refractivity contribution < 1.29 is 14.3 Å². The second-order valence-corrected chi connectivity index (χ2v) is 5.39. The van der Waals surface area contributed by atoms with Crippen LogP contribution in [0.15, 0.2) is 24.3 Å². The van der Waals surface area contributed by atoms with Gasteiger partial charge in [-0.3, -0.25) is 10.1 Å². The Kier molecular flexibility index (Phi) is 4.14. The van der Waals surface area contributed by atoms with Crippen molar-refractivity contribution in [3.63, 3.8) is 0 Å². The van der Waals surface area contributed by atoms with Gasteiger partial charge in [0.15, 0.2) is 5.13 Å². The largest absolute Gasteiger partial charge is 0.465 e. The Morgan fingerprint density at radius 3 is 2.55 bits per heavy atom. The summed E-state index contributed by atoms with van der Waals surface area (Å²) in [7, 11) is 1.30. The van der Waals surface area contributed by atoms with Gasteiger partial charge in [0.1, 0.15) is 0 Å². The van der Waals surface area contributed by atoms with Crippen LogP contribution in [0.5, 0.6) is 0 Å². The zero-order valence-corrected chi connectivity index (χ0v) is 12.2. The van der Waals surface area contributed by atoms with Gasteiger partial charge in [0.25, 0.3) is 5.91 Å². The van der Waals surface area contributed by atoms with Gasteiger partial charge in [0.05, 0.1) is 18.4 Å². The summed E-state index contributed by atoms with van der Waals surface area (Å²) in [5.74, 6) is -0.773. The molecule has 2 aromatic rings. The van der Waals surface area contributed by atoms with Gasteiger partial charge in [-0.05, 0) is 32.0 Å². The van der Waals surface area contributed by atoms with E-state index < -0.39 is 5.97 Å². The summed E-state index contributed by atoms with van der Waals surface area (Å²) >= 11 is 1.42. The van der Waals surface area contributed by atoms with Crippen molar-refractivity contribution in [1.82, 2.24) is 4.98 Å². The zero-order chi connectivity index (χ0) is 14.7. The second kappa shape index (κ2) is 5.83. The Morgan fingerprint density at radius 1 is 1.25 bits per heavy atom. The van der Waals surface area contributed by atoms with Crippen LogP contribution in [0.4, 0.5) is 5.13 Å². The number of carbonyl (C=O) groups excluding carboxylic acids is 2. The van der Waals surface area contributed by atoms with Crippen LogP contribution >= 0.6 is 11.3 Å². The van der Waals surface area contributed by atoms with Crippen LogP contribution in [0.3, 0.4) is 0 Å². The SMILES string of the molecule is COC(=O)c1cccc(C(=O)Nc2nc(C)c(C)s2)c1. The minimum absolute atomic E-state index is 0.301. The molecule has 0 fully saturated rings. The molecule has 0 atom stereocenters. The first kappa shape index (κ1) is 14.2. The Balaban J connectivity index is 2.19. The number of aryl methyl sites for hydroxylation is 2. The summed E-state index contributed by atoms with van der Waals surface area (Å²) in [5, 5.41) is 3.27. The molecule has 1 aromatic carbocycles. The van der Waals surface area contributed by atoms with E-state index in [1.54, 1.807) is 18.2 Å². The molecule has 0 aliphatic carbocycles. The topological polar surface area (TPSA) is 68.3 Å². The molecular weight excluding hydrogens is 276 g/mol. The van der Waals surface area contributed by atoms with E-state index in [-0.39, 0.29) is 5.91 Å². The van der Waals surface area contributed by atoms with Crippen LogP contribution in [-0.4, -0.2) is 24.0 Å². The molecule has 0 saturated heterocycles. The van der Waals surface area contributed by atoms with Crippen LogP contribution in [-0.2, 0) is 4.74 Å². The van der Waals surface area contributed by atoms with Gasteiger partial charge < -0.3 is 4.74 Å². The number of methoxy groups -OCH3 is 1. The third-order valence-electron chi connectivity index (χ3n) is 2.79. The van der Waals surface area contributed by atoms with E-state index >= 15 is 0 Å². The predicted octanol–water partition coefficient (Wildman–Crippen LogP) is 2.80. The molecule has 0 spiro atoms. The fraction of sp³-hybridized carbons (Fsp3) is 0.214. The fourth-order valence-electron chi connectivity index (χ4n) is 1.60. The number of carbonyl (C=O) groups is 2. The number of hydrogen-bond donors (Lipinski definition) is 1. The second-order valence-electron chi connectivity index (χ2n) is 4.19. The standard InChI is InChI=1S/C14H14N2O3S/c1-8-9(2)20-14(15-8)16-12(17)10-5-4-6-11(7-10)13(18)19-3/h4-7H,1-3H3,(H,15,16,17). The summed E-state index contributed by atoms with van der Waals surface area (Å²) in [5.41, 5.74) is 1.62. The van der Waals surface area contributed by atoms with E-state index in [0.717, 1.165) is 10.6 Å². The highest BCUT2D eigenvalue weighted by molar-refractivity contribution is 7.15. The van der Waals surface area contributed by atoms with E-state index in [1.165, 1.54) is 24.5 Å². The van der Waals surface area contributed by atoms with Gasteiger partial charge in [-0.25, -0.2) is 9.78 Å². The Labute approximate surface area is 120 Å². The van der Waals surface area contributed by atoms with Crippen molar-refractivity contribution >= 4 is 28.3 Å². The fourth-order valence-corrected chi connectivity index (χ4v) is 2.41. The lowest BCUT2D eigenvalue weighted by Crippen LogP contribution is -2.13. The molecule has 20 heavy (non-hydrogen) atoms. The number of esters is 1. The summed E-state index contributed by atoms with van der Waals surface area (Å²) in [6.07, 6.45) is 0. The number of aromatic nitrogens is 1. The normalized spacial score (nSPS) is 10.2. The van der Waals surface area contributed by atoms with Crippen LogP contribution in [0.1, 0.15) is 31.3 Å². The van der Waals surface area contributed by atoms with E-state index in [1.807, 2.05) is 13.8 Å². The number of anilines is 1. The summed E-state index contributed by atoms with van der Waals surface area (Å²) in [6, 6.07) is 6.36. The molecule has 0 aliphatic heterocycles. The first-order chi connectivity index (χ1) is 9.51. The lowest BCUT2D eigenvalue weighted by molar-refractivity contribution is 0.0600. The van der Waals surface area contributed by atoms with Gasteiger partial charge in [-0.1, -0.05) is 6.07 Å². The molecule has 1 aromatic heterocycles. The monoisotopic (exact) mass is 290 g/mol. The van der Waals surface area contributed by atoms with E-state index in [2.05, 4.69) is 15.0 Å². The van der Waals surface area contributed by atoms with E-state index in [4.69, 9.17) is 0 Å². The molecular formula is C14H14N2O3S. The Bertz CT molecular complexity index is 645. The summed E-state index contributed by atoms with van der Waals surface area (Å²) in [6.45, 7) is 3.83. The lowest BCUT2D eigenvalue weighted by atomic mass is 10.1. The van der Waals surface area contributed by atoms with Crippen molar-refractivity contribution in [2.75, 3.05) is 12.4 Å². The van der Waals surface area contributed by atoms with Crippen molar-refractivity contribution in [1.29, 1.82) is 0 Å². The Morgan fingerprint density at radius 2 is 1.95 bits per heavy atom. The molecule has 2 rings (SSSR count). The number of ether oxygens (including phenoxy) is 1. The van der Waals surface area contributed by atoms with Crippen molar-refractivity contribution in [3.05, 3.63) is 46.0 Å². The molecule has 1 amide bonds. The van der Waals surface area contributed by atoms with E-state index in [9.17, 15) is 9.59 Å². The molecule has 5 nitrogen and oxygen atoms in total. The Hall–Kier alpha value is -2.21. The molecule has 6 heteroatoms. The molecule has 0 bridgehead atoms. The van der Waals surface area contributed by atoms with Gasteiger partial charge in [0.2, 0.25) is 0 Å². The first-order valence-electron chi connectivity index (χ1n) is 5.95. The zero-order valence-electron chi connectivity index (χ0n) is 11.4. The highest BCUT2D eigenvalue weighted by Crippen LogP contribution is 2.21. The van der Waals surface area contributed by atoms with Crippen LogP contribution in [0.2, 0.25) is 0 Å². The lowest BCUT2D eigenvalue weighted by Gasteiger charge is -2.04. The van der Waals surface area contributed by atoms with Crippen molar-refractivity contribution in [2.45, 2.75) is 13.8 Å². The van der Waals surface area contributed by atoms with Gasteiger partial charge >= 0.3 is 5.97 Å². The molecule has 104 valence electrons. The predicted molar refractivity (Wildman–Crippen MR) is 77.3 cm³/mol. The smallest absolute Gasteiger partial charge is 0.337 e. The van der Waals surface area contributed by atoms with Crippen molar-refractivity contribution in [2.24, 2.45) is 0 Å². The average Bonchev–Trinajstić information content (AvgIpc) is 2.76. The maximum absolute atomic E-state index is 12.1. The number of hydrogen-bond acceptors (Lipinski definition) is 5. The van der Waals surface area contributed by atoms with Gasteiger partial charge in [0, 0.05) is 10.4 Å². The molecule has 0 aliphatic rings. The first-order valence-corrected chi connectivity index (χ1v) is 6.76. The van der Waals surface area contributed by atoms with E-state index in [0.29, 0.717) is 16.3 Å². The molecule has 1 heterocycles. The summed E-state index contributed by atoms with van der Waals surface area (Å²) < 4.78 is 4.63. The number of nitrogens with one attached hydrogen (secondary N) is 1. The molecule has 0 saturated carbocycles. The van der Waals surface area contributed by atoms with Crippen molar-refractivity contribution in [3.8, 4) is 0 Å². The maximum Gasteiger partial charge on any atom is 0.337 e. The maximum atomic E-state index is 12.1. The van der Waals surface area contributed by atoms with Crippen LogP contribution < -0.4 is 5.32 Å². The minimum Gasteiger partial charge on any atom is -0.465 e. The third kappa shape index (κ3) is 3.03. The van der Waals surface area contributed by atoms with Gasteiger partial charge in [-0.2, -0.15) is 0 Å². The number of amides is 1. The molecule has 1 N–H and O–H groups in total. The number of benzene rings is 1. The highest BCUT2D eigenvalue weighted by Gasteiger charge is 2.12. The number of nitrogens with zero attached hydrogens (tertiary/aromatic N) is 1. The van der Waals surface area contributed by atoms with Crippen LogP contribution in [0, 0.1) is 13.8 Å². The van der Waals surface area contributed by atoms with Gasteiger partial charge in [-0.15, -0.1) is 11.3 Å². The summed E-state index contributed by atoms with van der Waals surface area (Å²) in [4.78, 5) is 28.8.